The van der Waals surface area contributed by atoms with E-state index in [9.17, 15) is 14.4 Å². The van der Waals surface area contributed by atoms with E-state index in [0.29, 0.717) is 17.1 Å². The van der Waals surface area contributed by atoms with Crippen molar-refractivity contribution in [3.63, 3.8) is 0 Å². The number of pyridine rings is 1. The van der Waals surface area contributed by atoms with Gasteiger partial charge in [-0.15, -0.1) is 0 Å². The van der Waals surface area contributed by atoms with Gasteiger partial charge in [-0.2, -0.15) is 0 Å². The Balaban J connectivity index is 1.69. The van der Waals surface area contributed by atoms with Crippen molar-refractivity contribution in [2.24, 2.45) is 0 Å². The molecule has 8 heteroatoms. The normalized spacial score (nSPS) is 16.5. The van der Waals surface area contributed by atoms with Gasteiger partial charge in [0, 0.05) is 10.7 Å². The highest BCUT2D eigenvalue weighted by molar-refractivity contribution is 9.10. The summed E-state index contributed by atoms with van der Waals surface area (Å²) in [4.78, 5) is 40.6. The number of aromatic nitrogens is 1. The van der Waals surface area contributed by atoms with Gasteiger partial charge in [0.1, 0.15) is 11.9 Å². The minimum Gasteiger partial charge on any atom is -0.340 e. The number of anilines is 2. The summed E-state index contributed by atoms with van der Waals surface area (Å²) in [6, 6.07) is 9.08. The lowest BCUT2D eigenvalue weighted by Gasteiger charge is -2.14. The van der Waals surface area contributed by atoms with E-state index in [1.807, 2.05) is 0 Å². The van der Waals surface area contributed by atoms with Gasteiger partial charge >= 0.3 is 0 Å². The molecule has 24 heavy (non-hydrogen) atoms. The number of carbonyl (C=O) groups excluding carboxylic acids is 3. The van der Waals surface area contributed by atoms with Crippen molar-refractivity contribution >= 4 is 45.2 Å². The van der Waals surface area contributed by atoms with Gasteiger partial charge in [-0.3, -0.25) is 14.4 Å². The topological polar surface area (TPSA) is 100 Å². The molecule has 0 bridgehead atoms. The number of fused-ring (bicyclic) bond motifs is 1. The molecule has 0 unspecified atom stereocenters. The number of para-hydroxylation sites is 1. The van der Waals surface area contributed by atoms with Gasteiger partial charge in [0.2, 0.25) is 11.8 Å². The van der Waals surface area contributed by atoms with Crippen LogP contribution in [0.25, 0.3) is 0 Å². The van der Waals surface area contributed by atoms with Crippen LogP contribution in [0.4, 0.5) is 11.5 Å². The molecule has 0 saturated heterocycles. The quantitative estimate of drug-likeness (QED) is 0.747. The van der Waals surface area contributed by atoms with Crippen LogP contribution in [-0.4, -0.2) is 28.7 Å². The van der Waals surface area contributed by atoms with Crippen LogP contribution in [-0.2, 0) is 9.59 Å². The third-order valence-electron chi connectivity index (χ3n) is 3.44. The fourth-order valence-corrected chi connectivity index (χ4v) is 2.52. The number of hydrogen-bond donors (Lipinski definition) is 3. The van der Waals surface area contributed by atoms with E-state index in [-0.39, 0.29) is 6.42 Å². The fraction of sp³-hybridized carbons (Fsp3) is 0.125. The summed E-state index contributed by atoms with van der Waals surface area (Å²) in [5, 5.41) is 7.82. The minimum atomic E-state index is -0.958. The molecule has 1 aromatic heterocycles. The largest absolute Gasteiger partial charge is 0.340 e. The van der Waals surface area contributed by atoms with Gasteiger partial charge in [-0.1, -0.05) is 12.1 Å². The Morgan fingerprint density at radius 2 is 2.00 bits per heavy atom. The smallest absolute Gasteiger partial charge is 0.254 e. The molecule has 2 heterocycles. The lowest BCUT2D eigenvalue weighted by atomic mass is 10.1. The first-order valence-electron chi connectivity index (χ1n) is 7.15. The van der Waals surface area contributed by atoms with Crippen LogP contribution in [0.1, 0.15) is 16.8 Å². The molecule has 3 rings (SSSR count). The fourth-order valence-electron chi connectivity index (χ4n) is 2.28. The van der Waals surface area contributed by atoms with Gasteiger partial charge in [0.25, 0.3) is 5.91 Å². The average Bonchev–Trinajstić information content (AvgIpc) is 2.67. The summed E-state index contributed by atoms with van der Waals surface area (Å²) in [6.45, 7) is 0. The predicted molar refractivity (Wildman–Crippen MR) is 91.5 cm³/mol. The maximum atomic E-state index is 12.2. The highest BCUT2D eigenvalue weighted by Gasteiger charge is 2.29. The highest BCUT2D eigenvalue weighted by atomic mass is 79.9. The Hall–Kier alpha value is -2.74. The molecule has 2 aromatic rings. The summed E-state index contributed by atoms with van der Waals surface area (Å²) in [5.41, 5.74) is 0.792. The van der Waals surface area contributed by atoms with Crippen molar-refractivity contribution in [1.29, 1.82) is 0 Å². The third kappa shape index (κ3) is 3.60. The molecule has 0 spiro atoms. The number of carbonyl (C=O) groups is 3. The van der Waals surface area contributed by atoms with Crippen molar-refractivity contribution in [1.82, 2.24) is 10.3 Å². The molecule has 122 valence electrons. The minimum absolute atomic E-state index is 0.191. The van der Waals surface area contributed by atoms with E-state index in [1.54, 1.807) is 42.6 Å². The summed E-state index contributed by atoms with van der Waals surface area (Å²) in [6.07, 6.45) is 1.36. The standard InChI is InChI=1S/C16H13BrN4O3/c17-9-5-6-13(18-8-9)21-14(22)7-12-16(24)19-11-4-2-1-3-10(11)15(23)20-12/h1-6,8,12H,7H2,(H,19,24)(H,20,23)(H,18,21,22)/t12-/m0/s1. The van der Waals surface area contributed by atoms with Crippen molar-refractivity contribution < 1.29 is 14.4 Å². The summed E-state index contributed by atoms with van der Waals surface area (Å²) >= 11 is 3.25. The summed E-state index contributed by atoms with van der Waals surface area (Å²) in [5.74, 6) is -0.890. The zero-order chi connectivity index (χ0) is 17.1. The van der Waals surface area contributed by atoms with Crippen molar-refractivity contribution in [2.75, 3.05) is 10.6 Å². The first-order chi connectivity index (χ1) is 11.5. The molecule has 0 radical (unpaired) electrons. The molecule has 7 nitrogen and oxygen atoms in total. The van der Waals surface area contributed by atoms with E-state index in [1.165, 1.54) is 0 Å². The summed E-state index contributed by atoms with van der Waals surface area (Å²) < 4.78 is 0.786. The van der Waals surface area contributed by atoms with Crippen molar-refractivity contribution in [2.45, 2.75) is 12.5 Å². The Kier molecular flexibility index (Phi) is 4.57. The van der Waals surface area contributed by atoms with E-state index >= 15 is 0 Å². The van der Waals surface area contributed by atoms with E-state index in [2.05, 4.69) is 36.9 Å². The van der Waals surface area contributed by atoms with Gasteiger partial charge in [-0.05, 0) is 40.2 Å². The molecule has 1 atom stereocenters. The zero-order valence-corrected chi connectivity index (χ0v) is 14.0. The number of halogens is 1. The van der Waals surface area contributed by atoms with Gasteiger partial charge in [0.05, 0.1) is 17.7 Å². The van der Waals surface area contributed by atoms with E-state index in [4.69, 9.17) is 0 Å². The number of hydrogen-bond acceptors (Lipinski definition) is 4. The van der Waals surface area contributed by atoms with E-state index < -0.39 is 23.8 Å². The van der Waals surface area contributed by atoms with Crippen molar-refractivity contribution in [3.8, 4) is 0 Å². The van der Waals surface area contributed by atoms with Crippen LogP contribution < -0.4 is 16.0 Å². The van der Waals surface area contributed by atoms with Crippen LogP contribution in [0.2, 0.25) is 0 Å². The predicted octanol–water partition coefficient (Wildman–Crippen LogP) is 1.92. The van der Waals surface area contributed by atoms with Crippen LogP contribution >= 0.6 is 15.9 Å². The van der Waals surface area contributed by atoms with Gasteiger partial charge < -0.3 is 16.0 Å². The number of nitrogens with zero attached hydrogens (tertiary/aromatic N) is 1. The van der Waals surface area contributed by atoms with Gasteiger partial charge in [-0.25, -0.2) is 4.98 Å². The molecule has 1 aliphatic heterocycles. The van der Waals surface area contributed by atoms with Crippen LogP contribution in [0.3, 0.4) is 0 Å². The second kappa shape index (κ2) is 6.79. The zero-order valence-electron chi connectivity index (χ0n) is 12.4. The molecule has 1 aliphatic rings. The molecular weight excluding hydrogens is 376 g/mol. The van der Waals surface area contributed by atoms with E-state index in [0.717, 1.165) is 4.47 Å². The second-order valence-electron chi connectivity index (χ2n) is 5.17. The molecule has 0 saturated carbocycles. The molecule has 3 N–H and O–H groups in total. The molecule has 0 aliphatic carbocycles. The average molecular weight is 389 g/mol. The monoisotopic (exact) mass is 388 g/mol. The first kappa shape index (κ1) is 16.1. The highest BCUT2D eigenvalue weighted by Crippen LogP contribution is 2.19. The molecular formula is C16H13BrN4O3. The number of benzene rings is 1. The van der Waals surface area contributed by atoms with Crippen LogP contribution in [0, 0.1) is 0 Å². The molecule has 3 amide bonds. The Labute approximate surface area is 146 Å². The Morgan fingerprint density at radius 3 is 2.75 bits per heavy atom. The second-order valence-corrected chi connectivity index (χ2v) is 6.09. The Morgan fingerprint density at radius 1 is 1.21 bits per heavy atom. The molecule has 0 fully saturated rings. The maximum Gasteiger partial charge on any atom is 0.254 e. The SMILES string of the molecule is O=C(C[C@@H]1NC(=O)c2ccccc2NC1=O)Nc1ccc(Br)cn1. The van der Waals surface area contributed by atoms with Crippen LogP contribution in [0.5, 0.6) is 0 Å². The number of rotatable bonds is 3. The van der Waals surface area contributed by atoms with Crippen molar-refractivity contribution in [3.05, 3.63) is 52.6 Å². The number of nitrogens with one attached hydrogen (secondary N) is 3. The third-order valence-corrected chi connectivity index (χ3v) is 3.90. The lowest BCUT2D eigenvalue weighted by molar-refractivity contribution is -0.122. The lowest BCUT2D eigenvalue weighted by Crippen LogP contribution is -2.43. The van der Waals surface area contributed by atoms with Gasteiger partial charge in [0.15, 0.2) is 0 Å². The maximum absolute atomic E-state index is 12.2. The number of amides is 3. The van der Waals surface area contributed by atoms with Crippen LogP contribution in [0.15, 0.2) is 47.1 Å². The Bertz CT molecular complexity index is 807. The molecule has 1 aromatic carbocycles. The summed E-state index contributed by atoms with van der Waals surface area (Å²) in [7, 11) is 0. The first-order valence-corrected chi connectivity index (χ1v) is 7.94.